The topological polar surface area (TPSA) is 101 Å². The molecule has 9 heteroatoms. The summed E-state index contributed by atoms with van der Waals surface area (Å²) in [6.45, 7) is 2.47. The van der Waals surface area contributed by atoms with Crippen LogP contribution in [0.5, 0.6) is 0 Å². The Hall–Kier alpha value is -2.52. The number of aromatic nitrogens is 2. The second-order valence-corrected chi connectivity index (χ2v) is 7.98. The first-order valence-corrected chi connectivity index (χ1v) is 9.56. The number of hydrogen-bond acceptors (Lipinski definition) is 5. The zero-order chi connectivity index (χ0) is 19.3. The van der Waals surface area contributed by atoms with Gasteiger partial charge in [-0.3, -0.25) is 14.2 Å². The lowest BCUT2D eigenvalue weighted by Gasteiger charge is -2.12. The molecule has 2 aromatic rings. The number of hydrogen-bond donors (Lipinski definition) is 1. The Morgan fingerprint density at radius 2 is 1.88 bits per heavy atom. The van der Waals surface area contributed by atoms with E-state index >= 15 is 0 Å². The molecule has 2 rings (SSSR count). The zero-order valence-electron chi connectivity index (χ0n) is 15.0. The summed E-state index contributed by atoms with van der Waals surface area (Å²) in [4.78, 5) is 28.3. The van der Waals surface area contributed by atoms with Gasteiger partial charge in [0.05, 0.1) is 11.2 Å². The van der Waals surface area contributed by atoms with E-state index in [1.54, 1.807) is 0 Å². The van der Waals surface area contributed by atoms with Gasteiger partial charge < -0.3 is 5.32 Å². The molecule has 26 heavy (non-hydrogen) atoms. The molecule has 140 valence electrons. The maximum atomic E-state index is 12.1. The van der Waals surface area contributed by atoms with Gasteiger partial charge in [0, 0.05) is 44.5 Å². The predicted molar refractivity (Wildman–Crippen MR) is 97.5 cm³/mol. The smallest absolute Gasteiger partial charge is 0.253 e. The molecule has 0 saturated carbocycles. The molecule has 0 atom stereocenters. The van der Waals surface area contributed by atoms with Crippen molar-refractivity contribution in [2.24, 2.45) is 0 Å². The van der Waals surface area contributed by atoms with Crippen molar-refractivity contribution in [1.29, 1.82) is 0 Å². The van der Waals surface area contributed by atoms with E-state index < -0.39 is 10.0 Å². The SMILES string of the molecule is CCc1cc(=O)n(CCNC(=O)c2ccc(S(=O)(=O)N(C)C)cc2)cn1. The predicted octanol–water partition coefficient (Wildman–Crippen LogP) is 0.486. The Kier molecular flexibility index (Phi) is 6.27. The molecule has 0 aliphatic carbocycles. The molecule has 1 N–H and O–H groups in total. The molecule has 0 aliphatic heterocycles. The molecule has 0 radical (unpaired) electrons. The van der Waals surface area contributed by atoms with Crippen molar-refractivity contribution in [2.45, 2.75) is 24.8 Å². The molecule has 0 saturated heterocycles. The minimum atomic E-state index is -3.53. The fraction of sp³-hybridized carbons (Fsp3) is 0.353. The van der Waals surface area contributed by atoms with E-state index in [0.717, 1.165) is 10.00 Å². The van der Waals surface area contributed by atoms with E-state index in [1.807, 2.05) is 6.92 Å². The molecular weight excluding hydrogens is 356 g/mol. The highest BCUT2D eigenvalue weighted by Crippen LogP contribution is 2.13. The van der Waals surface area contributed by atoms with Gasteiger partial charge in [-0.2, -0.15) is 0 Å². The van der Waals surface area contributed by atoms with Crippen LogP contribution in [0.3, 0.4) is 0 Å². The molecule has 1 aromatic heterocycles. The fourth-order valence-corrected chi connectivity index (χ4v) is 3.11. The molecule has 0 unspecified atom stereocenters. The van der Waals surface area contributed by atoms with Crippen molar-refractivity contribution >= 4 is 15.9 Å². The zero-order valence-corrected chi connectivity index (χ0v) is 15.8. The molecule has 0 fully saturated rings. The molecular formula is C17H22N4O4S. The van der Waals surface area contributed by atoms with Crippen LogP contribution in [0.4, 0.5) is 0 Å². The third-order valence-electron chi connectivity index (χ3n) is 3.83. The second-order valence-electron chi connectivity index (χ2n) is 5.83. The monoisotopic (exact) mass is 378 g/mol. The summed E-state index contributed by atoms with van der Waals surface area (Å²) in [6, 6.07) is 7.17. The Labute approximate surface area is 152 Å². The minimum absolute atomic E-state index is 0.118. The van der Waals surface area contributed by atoms with E-state index in [4.69, 9.17) is 0 Å². The largest absolute Gasteiger partial charge is 0.350 e. The lowest BCUT2D eigenvalue weighted by atomic mass is 10.2. The molecule has 1 heterocycles. The molecule has 0 aliphatic rings. The summed E-state index contributed by atoms with van der Waals surface area (Å²) in [6.07, 6.45) is 2.15. The quantitative estimate of drug-likeness (QED) is 0.755. The van der Waals surface area contributed by atoms with E-state index in [9.17, 15) is 18.0 Å². The van der Waals surface area contributed by atoms with Gasteiger partial charge in [0.1, 0.15) is 0 Å². The first-order valence-electron chi connectivity index (χ1n) is 8.12. The second kappa shape index (κ2) is 8.24. The number of nitrogens with one attached hydrogen (secondary N) is 1. The Morgan fingerprint density at radius 1 is 1.23 bits per heavy atom. The number of benzene rings is 1. The number of carbonyl (C=O) groups excluding carboxylic acids is 1. The molecule has 8 nitrogen and oxygen atoms in total. The normalized spacial score (nSPS) is 11.5. The average Bonchev–Trinajstić information content (AvgIpc) is 2.62. The van der Waals surface area contributed by atoms with Gasteiger partial charge in [0.25, 0.3) is 11.5 Å². The van der Waals surface area contributed by atoms with Gasteiger partial charge in [-0.15, -0.1) is 0 Å². The average molecular weight is 378 g/mol. The number of carbonyl (C=O) groups is 1. The van der Waals surface area contributed by atoms with Crippen LogP contribution in [-0.4, -0.2) is 48.8 Å². The van der Waals surface area contributed by atoms with Crippen LogP contribution in [-0.2, 0) is 23.0 Å². The van der Waals surface area contributed by atoms with Crippen LogP contribution < -0.4 is 10.9 Å². The number of sulfonamides is 1. The van der Waals surface area contributed by atoms with Crippen molar-refractivity contribution in [3.8, 4) is 0 Å². The molecule has 0 bridgehead atoms. The Bertz CT molecular complexity index is 934. The van der Waals surface area contributed by atoms with Crippen molar-refractivity contribution in [3.05, 3.63) is 58.3 Å². The standard InChI is InChI=1S/C17H22N4O4S/c1-4-14-11-16(22)21(12-19-14)10-9-18-17(23)13-5-7-15(8-6-13)26(24,25)20(2)3/h5-8,11-12H,4,9-10H2,1-3H3,(H,18,23). The van der Waals surface area contributed by atoms with E-state index in [2.05, 4.69) is 10.3 Å². The summed E-state index contributed by atoms with van der Waals surface area (Å²) >= 11 is 0. The fourth-order valence-electron chi connectivity index (χ4n) is 2.21. The van der Waals surface area contributed by atoms with Gasteiger partial charge in [-0.25, -0.2) is 17.7 Å². The molecule has 1 aromatic carbocycles. The number of nitrogens with zero attached hydrogens (tertiary/aromatic N) is 3. The third-order valence-corrected chi connectivity index (χ3v) is 5.66. The van der Waals surface area contributed by atoms with Gasteiger partial charge in [-0.05, 0) is 30.7 Å². The Morgan fingerprint density at radius 3 is 2.42 bits per heavy atom. The van der Waals surface area contributed by atoms with Crippen LogP contribution in [0.25, 0.3) is 0 Å². The van der Waals surface area contributed by atoms with Crippen LogP contribution in [0.1, 0.15) is 23.0 Å². The van der Waals surface area contributed by atoms with Crippen LogP contribution >= 0.6 is 0 Å². The number of amides is 1. The van der Waals surface area contributed by atoms with E-state index in [-0.39, 0.29) is 22.9 Å². The van der Waals surface area contributed by atoms with Crippen LogP contribution in [0, 0.1) is 0 Å². The van der Waals surface area contributed by atoms with Crippen molar-refractivity contribution in [2.75, 3.05) is 20.6 Å². The van der Waals surface area contributed by atoms with Gasteiger partial charge >= 0.3 is 0 Å². The molecule has 0 spiro atoms. The highest BCUT2D eigenvalue weighted by Gasteiger charge is 2.17. The van der Waals surface area contributed by atoms with E-state index in [0.29, 0.717) is 18.5 Å². The van der Waals surface area contributed by atoms with Gasteiger partial charge in [0.2, 0.25) is 10.0 Å². The van der Waals surface area contributed by atoms with Gasteiger partial charge in [-0.1, -0.05) is 6.92 Å². The minimum Gasteiger partial charge on any atom is -0.350 e. The van der Waals surface area contributed by atoms with Crippen LogP contribution in [0.15, 0.2) is 46.3 Å². The summed E-state index contributed by atoms with van der Waals surface area (Å²) in [5.41, 5.74) is 0.905. The van der Waals surface area contributed by atoms with Crippen LogP contribution in [0.2, 0.25) is 0 Å². The van der Waals surface area contributed by atoms with Crippen molar-refractivity contribution in [1.82, 2.24) is 19.2 Å². The van der Waals surface area contributed by atoms with Crippen molar-refractivity contribution in [3.63, 3.8) is 0 Å². The highest BCUT2D eigenvalue weighted by molar-refractivity contribution is 7.89. The first kappa shape index (κ1) is 19.8. The maximum absolute atomic E-state index is 12.1. The van der Waals surface area contributed by atoms with Crippen molar-refractivity contribution < 1.29 is 13.2 Å². The summed E-state index contributed by atoms with van der Waals surface area (Å²) in [5.74, 6) is -0.343. The summed E-state index contributed by atoms with van der Waals surface area (Å²) in [5, 5.41) is 2.70. The Balaban J connectivity index is 1.97. The lowest BCUT2D eigenvalue weighted by Crippen LogP contribution is -2.31. The summed E-state index contributed by atoms with van der Waals surface area (Å²) < 4.78 is 26.5. The third kappa shape index (κ3) is 4.55. The first-order chi connectivity index (χ1) is 12.3. The lowest BCUT2D eigenvalue weighted by molar-refractivity contribution is 0.0952. The number of aryl methyl sites for hydroxylation is 1. The molecule has 1 amide bonds. The van der Waals surface area contributed by atoms with Gasteiger partial charge in [0.15, 0.2) is 0 Å². The maximum Gasteiger partial charge on any atom is 0.253 e. The number of rotatable bonds is 7. The highest BCUT2D eigenvalue weighted by atomic mass is 32.2. The summed E-state index contributed by atoms with van der Waals surface area (Å²) in [7, 11) is -0.638. The van der Waals surface area contributed by atoms with E-state index in [1.165, 1.54) is 55.3 Å².